The van der Waals surface area contributed by atoms with Crippen molar-refractivity contribution in [1.82, 2.24) is 14.3 Å². The number of fused-ring (bicyclic) bond motifs is 1. The molecule has 2 aromatic rings. The molecule has 2 aromatic heterocycles. The van der Waals surface area contributed by atoms with Crippen molar-refractivity contribution in [3.63, 3.8) is 0 Å². The largest absolute Gasteiger partial charge is 0.476 e. The SMILES string of the molecule is O=C(O)c1cn2cccc(CN3CCOCC3)c2n1. The maximum atomic E-state index is 11.0. The molecule has 3 heterocycles. The molecule has 0 spiro atoms. The standard InChI is InChI=1S/C13H15N3O3/c17-13(18)11-9-16-3-1-2-10(12(16)14-11)8-15-4-6-19-7-5-15/h1-3,9H,4-8H2,(H,17,18). The van der Waals surface area contributed by atoms with Crippen LogP contribution in [0.3, 0.4) is 0 Å². The number of aromatic carboxylic acids is 1. The summed E-state index contributed by atoms with van der Waals surface area (Å²) in [5, 5.41) is 9.00. The predicted molar refractivity (Wildman–Crippen MR) is 68.2 cm³/mol. The van der Waals surface area contributed by atoms with Crippen LogP contribution in [0.4, 0.5) is 0 Å². The van der Waals surface area contributed by atoms with Crippen LogP contribution in [0.25, 0.3) is 5.65 Å². The quantitative estimate of drug-likeness (QED) is 0.887. The molecule has 1 aliphatic rings. The van der Waals surface area contributed by atoms with E-state index in [0.29, 0.717) is 5.65 Å². The highest BCUT2D eigenvalue weighted by Crippen LogP contribution is 2.14. The van der Waals surface area contributed by atoms with Crippen LogP contribution < -0.4 is 0 Å². The molecular weight excluding hydrogens is 246 g/mol. The predicted octanol–water partition coefficient (Wildman–Crippen LogP) is 0.865. The molecule has 0 radical (unpaired) electrons. The van der Waals surface area contributed by atoms with E-state index < -0.39 is 5.97 Å². The number of morpholine rings is 1. The molecule has 0 aromatic carbocycles. The van der Waals surface area contributed by atoms with Gasteiger partial charge in [0.1, 0.15) is 5.65 Å². The van der Waals surface area contributed by atoms with Gasteiger partial charge < -0.3 is 14.2 Å². The number of imidazole rings is 1. The summed E-state index contributed by atoms with van der Waals surface area (Å²) in [5.41, 5.74) is 1.83. The summed E-state index contributed by atoms with van der Waals surface area (Å²) in [6.07, 6.45) is 3.36. The number of carboxylic acid groups (broad SMARTS) is 1. The summed E-state index contributed by atoms with van der Waals surface area (Å²) in [6.45, 7) is 4.06. The molecule has 3 rings (SSSR count). The summed E-state index contributed by atoms with van der Waals surface area (Å²) in [4.78, 5) is 17.4. The second kappa shape index (κ2) is 4.99. The first-order chi connectivity index (χ1) is 9.24. The van der Waals surface area contributed by atoms with E-state index in [4.69, 9.17) is 9.84 Å². The van der Waals surface area contributed by atoms with Crippen molar-refractivity contribution < 1.29 is 14.6 Å². The Kier molecular flexibility index (Phi) is 3.18. The molecular formula is C13H15N3O3. The molecule has 19 heavy (non-hydrogen) atoms. The molecule has 0 atom stereocenters. The smallest absolute Gasteiger partial charge is 0.356 e. The Bertz CT molecular complexity index is 602. The lowest BCUT2D eigenvalue weighted by molar-refractivity contribution is 0.0343. The van der Waals surface area contributed by atoms with E-state index in [2.05, 4.69) is 9.88 Å². The lowest BCUT2D eigenvalue weighted by Gasteiger charge is -2.26. The molecule has 0 unspecified atom stereocenters. The summed E-state index contributed by atoms with van der Waals surface area (Å²) >= 11 is 0. The Balaban J connectivity index is 1.91. The van der Waals surface area contributed by atoms with Gasteiger partial charge in [0, 0.05) is 37.6 Å². The van der Waals surface area contributed by atoms with Crippen LogP contribution in [0.1, 0.15) is 16.1 Å². The van der Waals surface area contributed by atoms with E-state index in [0.717, 1.165) is 38.4 Å². The van der Waals surface area contributed by atoms with Gasteiger partial charge in [-0.3, -0.25) is 4.90 Å². The third-order valence-corrected chi connectivity index (χ3v) is 3.28. The molecule has 0 amide bonds. The van der Waals surface area contributed by atoms with Gasteiger partial charge in [-0.1, -0.05) is 6.07 Å². The van der Waals surface area contributed by atoms with E-state index in [1.165, 1.54) is 0 Å². The van der Waals surface area contributed by atoms with Gasteiger partial charge in [-0.25, -0.2) is 9.78 Å². The number of carbonyl (C=O) groups is 1. The van der Waals surface area contributed by atoms with Gasteiger partial charge in [-0.05, 0) is 6.07 Å². The highest BCUT2D eigenvalue weighted by Gasteiger charge is 2.15. The van der Waals surface area contributed by atoms with Gasteiger partial charge in [0.25, 0.3) is 0 Å². The van der Waals surface area contributed by atoms with Crippen molar-refractivity contribution in [3.05, 3.63) is 35.8 Å². The molecule has 0 bridgehead atoms. The Morgan fingerprint density at radius 2 is 2.21 bits per heavy atom. The third-order valence-electron chi connectivity index (χ3n) is 3.28. The number of rotatable bonds is 3. The van der Waals surface area contributed by atoms with Crippen LogP contribution in [0, 0.1) is 0 Å². The summed E-state index contributed by atoms with van der Waals surface area (Å²) in [5.74, 6) is -0.999. The number of ether oxygens (including phenoxy) is 1. The zero-order valence-corrected chi connectivity index (χ0v) is 10.5. The van der Waals surface area contributed by atoms with E-state index >= 15 is 0 Å². The Hall–Kier alpha value is -1.92. The maximum absolute atomic E-state index is 11.0. The average Bonchev–Trinajstić information content (AvgIpc) is 2.85. The van der Waals surface area contributed by atoms with Crippen LogP contribution in [0.15, 0.2) is 24.5 Å². The highest BCUT2D eigenvalue weighted by atomic mass is 16.5. The normalized spacial score (nSPS) is 16.8. The van der Waals surface area contributed by atoms with Gasteiger partial charge in [0.2, 0.25) is 0 Å². The second-order valence-corrected chi connectivity index (χ2v) is 4.58. The Morgan fingerprint density at radius 1 is 1.42 bits per heavy atom. The zero-order valence-electron chi connectivity index (χ0n) is 10.5. The van der Waals surface area contributed by atoms with Crippen molar-refractivity contribution in [2.75, 3.05) is 26.3 Å². The molecule has 0 saturated carbocycles. The van der Waals surface area contributed by atoms with Crippen LogP contribution in [-0.2, 0) is 11.3 Å². The Morgan fingerprint density at radius 3 is 2.95 bits per heavy atom. The van der Waals surface area contributed by atoms with Gasteiger partial charge >= 0.3 is 5.97 Å². The molecule has 6 heteroatoms. The van der Waals surface area contributed by atoms with Gasteiger partial charge in [-0.15, -0.1) is 0 Å². The van der Waals surface area contributed by atoms with Crippen LogP contribution >= 0.6 is 0 Å². The van der Waals surface area contributed by atoms with E-state index in [1.54, 1.807) is 10.6 Å². The fraction of sp³-hybridized carbons (Fsp3) is 0.385. The number of aromatic nitrogens is 2. The fourth-order valence-electron chi connectivity index (χ4n) is 2.30. The highest BCUT2D eigenvalue weighted by molar-refractivity contribution is 5.86. The first-order valence-electron chi connectivity index (χ1n) is 6.24. The van der Waals surface area contributed by atoms with E-state index in [1.807, 2.05) is 18.3 Å². The first-order valence-corrected chi connectivity index (χ1v) is 6.24. The van der Waals surface area contributed by atoms with E-state index in [9.17, 15) is 4.79 Å². The number of pyridine rings is 1. The Labute approximate surface area is 110 Å². The second-order valence-electron chi connectivity index (χ2n) is 4.58. The van der Waals surface area contributed by atoms with Gasteiger partial charge in [-0.2, -0.15) is 0 Å². The molecule has 0 aliphatic carbocycles. The summed E-state index contributed by atoms with van der Waals surface area (Å²) in [7, 11) is 0. The fourth-order valence-corrected chi connectivity index (χ4v) is 2.30. The van der Waals surface area contributed by atoms with Gasteiger partial charge in [0.15, 0.2) is 5.69 Å². The number of nitrogens with zero attached hydrogens (tertiary/aromatic N) is 3. The minimum absolute atomic E-state index is 0.0782. The van der Waals surface area contributed by atoms with Gasteiger partial charge in [0.05, 0.1) is 13.2 Å². The van der Waals surface area contributed by atoms with Crippen LogP contribution in [0.5, 0.6) is 0 Å². The minimum atomic E-state index is -0.999. The molecule has 1 fully saturated rings. The van der Waals surface area contributed by atoms with Crippen molar-refractivity contribution in [1.29, 1.82) is 0 Å². The number of hydrogen-bond donors (Lipinski definition) is 1. The number of hydrogen-bond acceptors (Lipinski definition) is 4. The third kappa shape index (κ3) is 2.45. The first kappa shape index (κ1) is 12.1. The molecule has 1 N–H and O–H groups in total. The van der Waals surface area contributed by atoms with Crippen molar-refractivity contribution in [2.24, 2.45) is 0 Å². The van der Waals surface area contributed by atoms with Crippen LogP contribution in [-0.4, -0.2) is 51.7 Å². The molecule has 1 aliphatic heterocycles. The number of carboxylic acids is 1. The van der Waals surface area contributed by atoms with Crippen molar-refractivity contribution >= 4 is 11.6 Å². The molecule has 6 nitrogen and oxygen atoms in total. The monoisotopic (exact) mass is 261 g/mol. The molecule has 100 valence electrons. The van der Waals surface area contributed by atoms with E-state index in [-0.39, 0.29) is 5.69 Å². The maximum Gasteiger partial charge on any atom is 0.356 e. The lowest BCUT2D eigenvalue weighted by Crippen LogP contribution is -2.35. The van der Waals surface area contributed by atoms with Crippen molar-refractivity contribution in [3.8, 4) is 0 Å². The summed E-state index contributed by atoms with van der Waals surface area (Å²) < 4.78 is 7.08. The lowest BCUT2D eigenvalue weighted by atomic mass is 10.2. The minimum Gasteiger partial charge on any atom is -0.476 e. The van der Waals surface area contributed by atoms with Crippen molar-refractivity contribution in [2.45, 2.75) is 6.54 Å². The summed E-state index contributed by atoms with van der Waals surface area (Å²) in [6, 6.07) is 3.90. The molecule has 1 saturated heterocycles. The van der Waals surface area contributed by atoms with Crippen LogP contribution in [0.2, 0.25) is 0 Å². The zero-order chi connectivity index (χ0) is 13.2. The average molecular weight is 261 g/mol. The topological polar surface area (TPSA) is 67.1 Å².